The van der Waals surface area contributed by atoms with Crippen molar-refractivity contribution in [1.82, 2.24) is 0 Å². The maximum Gasteiger partial charge on any atom is 0.0866 e. The lowest BCUT2D eigenvalue weighted by Crippen LogP contribution is -2.32. The van der Waals surface area contributed by atoms with Crippen molar-refractivity contribution in [2.45, 2.75) is 20.3 Å². The molecule has 2 aliphatic rings. The van der Waals surface area contributed by atoms with Crippen LogP contribution < -0.4 is 0 Å². The lowest BCUT2D eigenvalue weighted by molar-refractivity contribution is 0.311. The van der Waals surface area contributed by atoms with Gasteiger partial charge in [0.25, 0.3) is 0 Å². The van der Waals surface area contributed by atoms with Gasteiger partial charge in [-0.15, -0.1) is 0 Å². The summed E-state index contributed by atoms with van der Waals surface area (Å²) in [6, 6.07) is 0. The molecular weight excluding hydrogens is 192 g/mol. The molecule has 0 aromatic rings. The Bertz CT molecular complexity index is 367. The monoisotopic (exact) mass is 206 g/mol. The second kappa shape index (κ2) is 3.53. The van der Waals surface area contributed by atoms with E-state index in [-0.39, 0.29) is 11.8 Å². The van der Waals surface area contributed by atoms with E-state index in [1.54, 1.807) is 0 Å². The molecule has 2 atom stereocenters. The first kappa shape index (κ1) is 9.96. The fourth-order valence-electron chi connectivity index (χ4n) is 2.38. The van der Waals surface area contributed by atoms with Crippen LogP contribution in [0.2, 0.25) is 0 Å². The smallest absolute Gasteiger partial charge is 0.0866 e. The second-order valence-electron chi connectivity index (χ2n) is 4.17. The van der Waals surface area contributed by atoms with E-state index in [0.29, 0.717) is 11.4 Å². The lowest BCUT2D eigenvalue weighted by Gasteiger charge is -2.33. The molecule has 15 heavy (non-hydrogen) atoms. The summed E-state index contributed by atoms with van der Waals surface area (Å²) in [5, 5.41) is 24.4. The first-order valence-electron chi connectivity index (χ1n) is 4.97. The Morgan fingerprint density at radius 1 is 1.00 bits per heavy atom. The minimum Gasteiger partial charge on any atom is -0.411 e. The van der Waals surface area contributed by atoms with E-state index in [4.69, 9.17) is 10.4 Å². The Balaban J connectivity index is 2.50. The number of allylic oxidation sites excluding steroid dienone is 4. The molecule has 0 heterocycles. The van der Waals surface area contributed by atoms with E-state index in [1.807, 2.05) is 26.0 Å². The molecule has 2 N–H and O–H groups in total. The Morgan fingerprint density at radius 3 is 1.73 bits per heavy atom. The predicted molar refractivity (Wildman–Crippen MR) is 57.6 cm³/mol. The molecule has 0 spiro atoms. The number of oxime groups is 2. The maximum atomic E-state index is 8.90. The van der Waals surface area contributed by atoms with Crippen molar-refractivity contribution in [3.8, 4) is 0 Å². The summed E-state index contributed by atoms with van der Waals surface area (Å²) in [5.41, 5.74) is 3.56. The molecule has 0 amide bonds. The van der Waals surface area contributed by atoms with Gasteiger partial charge in [-0.2, -0.15) is 0 Å². The molecule has 2 bridgehead atoms. The maximum absolute atomic E-state index is 8.90. The summed E-state index contributed by atoms with van der Waals surface area (Å²) in [6.07, 6.45) is 4.59. The molecule has 2 unspecified atom stereocenters. The van der Waals surface area contributed by atoms with Gasteiger partial charge in [0.15, 0.2) is 0 Å². The standard InChI is InChI=1S/C11H14N2O2/c1-6-3-10(12-14)9-5-8(6)11(13-15)4-7(9)2/h3-4,8-9,14-15H,5H2,1-2H3. The van der Waals surface area contributed by atoms with Crippen LogP contribution in [0.3, 0.4) is 0 Å². The van der Waals surface area contributed by atoms with E-state index in [2.05, 4.69) is 10.3 Å². The Morgan fingerprint density at radius 2 is 1.40 bits per heavy atom. The summed E-state index contributed by atoms with van der Waals surface area (Å²) in [5.74, 6) is 0.323. The molecule has 0 saturated heterocycles. The van der Waals surface area contributed by atoms with E-state index in [0.717, 1.165) is 17.6 Å². The van der Waals surface area contributed by atoms with Gasteiger partial charge in [0.1, 0.15) is 0 Å². The van der Waals surface area contributed by atoms with Gasteiger partial charge in [-0.3, -0.25) is 0 Å². The van der Waals surface area contributed by atoms with E-state index in [1.165, 1.54) is 0 Å². The Kier molecular flexibility index (Phi) is 2.34. The van der Waals surface area contributed by atoms with Gasteiger partial charge in [0, 0.05) is 11.8 Å². The van der Waals surface area contributed by atoms with Gasteiger partial charge in [-0.05, 0) is 32.4 Å². The summed E-state index contributed by atoms with van der Waals surface area (Å²) >= 11 is 0. The molecule has 2 rings (SSSR count). The van der Waals surface area contributed by atoms with Crippen LogP contribution in [0, 0.1) is 11.8 Å². The zero-order valence-corrected chi connectivity index (χ0v) is 8.81. The third kappa shape index (κ3) is 1.46. The highest BCUT2D eigenvalue weighted by molar-refractivity contribution is 6.08. The SMILES string of the molecule is CC1=CC(=NO)C2CC1C(=NO)C=C2C. The van der Waals surface area contributed by atoms with E-state index < -0.39 is 0 Å². The first-order valence-corrected chi connectivity index (χ1v) is 4.97. The second-order valence-corrected chi connectivity index (χ2v) is 4.17. The van der Waals surface area contributed by atoms with Gasteiger partial charge in [0.05, 0.1) is 11.4 Å². The van der Waals surface area contributed by atoms with Crippen molar-refractivity contribution in [2.24, 2.45) is 22.1 Å². The molecule has 0 aliphatic heterocycles. The summed E-state index contributed by atoms with van der Waals surface area (Å²) < 4.78 is 0. The minimum absolute atomic E-state index is 0.161. The topological polar surface area (TPSA) is 65.2 Å². The average Bonchev–Trinajstić information content (AvgIpc) is 2.25. The van der Waals surface area contributed by atoms with Crippen molar-refractivity contribution in [2.75, 3.05) is 0 Å². The van der Waals surface area contributed by atoms with Crippen LogP contribution >= 0.6 is 0 Å². The molecule has 4 nitrogen and oxygen atoms in total. The van der Waals surface area contributed by atoms with E-state index in [9.17, 15) is 0 Å². The molecule has 0 aromatic heterocycles. The summed E-state index contributed by atoms with van der Waals surface area (Å²) in [6.45, 7) is 3.93. The molecule has 0 fully saturated rings. The van der Waals surface area contributed by atoms with Gasteiger partial charge >= 0.3 is 0 Å². The van der Waals surface area contributed by atoms with Crippen LogP contribution in [0.1, 0.15) is 20.3 Å². The first-order chi connectivity index (χ1) is 7.17. The number of nitrogens with zero attached hydrogens (tertiary/aromatic N) is 2. The van der Waals surface area contributed by atoms with Crippen LogP contribution in [-0.2, 0) is 0 Å². The lowest BCUT2D eigenvalue weighted by atomic mass is 9.71. The van der Waals surface area contributed by atoms with Crippen molar-refractivity contribution in [3.05, 3.63) is 23.3 Å². The van der Waals surface area contributed by atoms with Crippen LogP contribution in [-0.4, -0.2) is 21.8 Å². The normalized spacial score (nSPS) is 35.3. The summed E-state index contributed by atoms with van der Waals surface area (Å²) in [7, 11) is 0. The molecular formula is C11H14N2O2. The minimum atomic E-state index is 0.161. The van der Waals surface area contributed by atoms with Crippen molar-refractivity contribution in [3.63, 3.8) is 0 Å². The summed E-state index contributed by atoms with van der Waals surface area (Å²) in [4.78, 5) is 0. The van der Waals surface area contributed by atoms with Gasteiger partial charge in [-0.1, -0.05) is 21.5 Å². The number of hydrogen-bond acceptors (Lipinski definition) is 4. The molecule has 0 aromatic carbocycles. The van der Waals surface area contributed by atoms with E-state index >= 15 is 0 Å². The molecule has 0 saturated carbocycles. The van der Waals surface area contributed by atoms with Gasteiger partial charge < -0.3 is 10.4 Å². The van der Waals surface area contributed by atoms with Gasteiger partial charge in [0.2, 0.25) is 0 Å². The third-order valence-electron chi connectivity index (χ3n) is 3.27. The third-order valence-corrected chi connectivity index (χ3v) is 3.27. The molecule has 0 radical (unpaired) electrons. The highest BCUT2D eigenvalue weighted by atomic mass is 16.4. The zero-order valence-electron chi connectivity index (χ0n) is 8.81. The molecule has 4 heteroatoms. The highest BCUT2D eigenvalue weighted by Crippen LogP contribution is 2.37. The Labute approximate surface area is 88.3 Å². The molecule has 80 valence electrons. The van der Waals surface area contributed by atoms with Crippen molar-refractivity contribution < 1.29 is 10.4 Å². The zero-order chi connectivity index (χ0) is 11.0. The number of hydrogen-bond donors (Lipinski definition) is 2. The van der Waals surface area contributed by atoms with Crippen LogP contribution in [0.15, 0.2) is 33.6 Å². The number of rotatable bonds is 0. The number of fused-ring (bicyclic) bond motifs is 2. The largest absolute Gasteiger partial charge is 0.411 e. The molecule has 2 aliphatic carbocycles. The van der Waals surface area contributed by atoms with Crippen molar-refractivity contribution >= 4 is 11.4 Å². The average molecular weight is 206 g/mol. The van der Waals surface area contributed by atoms with Crippen LogP contribution in [0.4, 0.5) is 0 Å². The highest BCUT2D eigenvalue weighted by Gasteiger charge is 2.34. The van der Waals surface area contributed by atoms with Crippen LogP contribution in [0.5, 0.6) is 0 Å². The fraction of sp³-hybridized carbons (Fsp3) is 0.455. The quantitative estimate of drug-likeness (QED) is 0.471. The fourth-order valence-corrected chi connectivity index (χ4v) is 2.38. The van der Waals surface area contributed by atoms with Crippen LogP contribution in [0.25, 0.3) is 0 Å². The Hall–Kier alpha value is -1.58. The van der Waals surface area contributed by atoms with Crippen molar-refractivity contribution in [1.29, 1.82) is 0 Å². The van der Waals surface area contributed by atoms with Gasteiger partial charge in [-0.25, -0.2) is 0 Å². The predicted octanol–water partition coefficient (Wildman–Crippen LogP) is 2.19.